The summed E-state index contributed by atoms with van der Waals surface area (Å²) in [5.74, 6) is 0. The minimum absolute atomic E-state index is 0.156. The van der Waals surface area contributed by atoms with Crippen LogP contribution < -0.4 is 5.56 Å². The molecule has 0 atom stereocenters. The van der Waals surface area contributed by atoms with Crippen LogP contribution in [0.4, 0.5) is 0 Å². The SMILES string of the molecule is Cc1c(C=NC(CO)(CO)CO)c(=O)n2c([nH]c3ccccc32)c1C#N. The molecule has 0 aliphatic heterocycles. The first-order chi connectivity index (χ1) is 12.5. The Labute approximate surface area is 148 Å². The van der Waals surface area contributed by atoms with E-state index in [0.717, 1.165) is 0 Å². The molecular formula is C18H18N4O4. The van der Waals surface area contributed by atoms with Gasteiger partial charge in [0.05, 0.1) is 42.0 Å². The topological polar surface area (TPSA) is 134 Å². The van der Waals surface area contributed by atoms with Gasteiger partial charge < -0.3 is 20.3 Å². The summed E-state index contributed by atoms with van der Waals surface area (Å²) in [5.41, 5.74) is 0.725. The van der Waals surface area contributed by atoms with Gasteiger partial charge in [-0.15, -0.1) is 0 Å². The number of benzene rings is 1. The number of para-hydroxylation sites is 2. The number of hydrogen-bond acceptors (Lipinski definition) is 6. The molecule has 0 saturated heterocycles. The Morgan fingerprint density at radius 1 is 1.27 bits per heavy atom. The molecule has 0 aliphatic rings. The van der Waals surface area contributed by atoms with E-state index < -0.39 is 25.4 Å². The zero-order valence-corrected chi connectivity index (χ0v) is 14.1. The largest absolute Gasteiger partial charge is 0.394 e. The maximum Gasteiger partial charge on any atom is 0.265 e. The van der Waals surface area contributed by atoms with E-state index in [-0.39, 0.29) is 11.1 Å². The summed E-state index contributed by atoms with van der Waals surface area (Å²) in [6, 6.07) is 9.28. The van der Waals surface area contributed by atoms with Crippen molar-refractivity contribution in [2.45, 2.75) is 12.5 Å². The third-order valence-electron chi connectivity index (χ3n) is 4.53. The molecule has 4 N–H and O–H groups in total. The first kappa shape index (κ1) is 17.8. The maximum atomic E-state index is 13.0. The number of aliphatic imine (C=N–C) groups is 1. The van der Waals surface area contributed by atoms with Crippen LogP contribution in [0.2, 0.25) is 0 Å². The Hall–Kier alpha value is -2.99. The van der Waals surface area contributed by atoms with E-state index in [1.54, 1.807) is 25.1 Å². The lowest BCUT2D eigenvalue weighted by atomic mass is 10.0. The molecule has 26 heavy (non-hydrogen) atoms. The number of aromatic amines is 1. The second-order valence-electron chi connectivity index (χ2n) is 6.11. The Morgan fingerprint density at radius 3 is 2.54 bits per heavy atom. The van der Waals surface area contributed by atoms with E-state index in [9.17, 15) is 25.4 Å². The normalized spacial score (nSPS) is 12.3. The highest BCUT2D eigenvalue weighted by Crippen LogP contribution is 2.21. The molecule has 0 spiro atoms. The quantitative estimate of drug-likeness (QED) is 0.482. The fraction of sp³-hybridized carbons (Fsp3) is 0.278. The Bertz CT molecular complexity index is 1090. The molecule has 8 nitrogen and oxygen atoms in total. The summed E-state index contributed by atoms with van der Waals surface area (Å²) in [5, 5.41) is 37.8. The van der Waals surface area contributed by atoms with Crippen molar-refractivity contribution in [2.75, 3.05) is 19.8 Å². The summed E-state index contributed by atoms with van der Waals surface area (Å²) in [7, 11) is 0. The second-order valence-corrected chi connectivity index (χ2v) is 6.11. The number of nitriles is 1. The molecule has 0 fully saturated rings. The van der Waals surface area contributed by atoms with Crippen LogP contribution in [0, 0.1) is 18.3 Å². The number of fused-ring (bicyclic) bond motifs is 3. The first-order valence-electron chi connectivity index (χ1n) is 7.96. The van der Waals surface area contributed by atoms with Gasteiger partial charge in [0.25, 0.3) is 5.56 Å². The predicted octanol–water partition coefficient (Wildman–Crippen LogP) is 0.0955. The number of nitrogens with one attached hydrogen (secondary N) is 1. The Morgan fingerprint density at radius 2 is 1.92 bits per heavy atom. The van der Waals surface area contributed by atoms with Gasteiger partial charge in [0.1, 0.15) is 17.3 Å². The fourth-order valence-electron chi connectivity index (χ4n) is 2.82. The summed E-state index contributed by atoms with van der Waals surface area (Å²) >= 11 is 0. The van der Waals surface area contributed by atoms with Crippen LogP contribution in [-0.2, 0) is 0 Å². The highest BCUT2D eigenvalue weighted by Gasteiger charge is 2.27. The number of nitrogens with zero attached hydrogens (tertiary/aromatic N) is 3. The van der Waals surface area contributed by atoms with E-state index in [1.807, 2.05) is 6.07 Å². The van der Waals surface area contributed by atoms with E-state index in [4.69, 9.17) is 0 Å². The van der Waals surface area contributed by atoms with Gasteiger partial charge in [0, 0.05) is 6.21 Å². The van der Waals surface area contributed by atoms with Crippen molar-refractivity contribution in [1.82, 2.24) is 9.38 Å². The van der Waals surface area contributed by atoms with Gasteiger partial charge in [-0.2, -0.15) is 5.26 Å². The lowest BCUT2D eigenvalue weighted by Crippen LogP contribution is -2.40. The monoisotopic (exact) mass is 354 g/mol. The van der Waals surface area contributed by atoms with Crippen LogP contribution in [0.1, 0.15) is 16.7 Å². The van der Waals surface area contributed by atoms with E-state index in [0.29, 0.717) is 27.8 Å². The molecule has 134 valence electrons. The average molecular weight is 354 g/mol. The van der Waals surface area contributed by atoms with E-state index in [2.05, 4.69) is 16.0 Å². The van der Waals surface area contributed by atoms with Crippen LogP contribution in [0.25, 0.3) is 16.7 Å². The smallest absolute Gasteiger partial charge is 0.265 e. The summed E-state index contributed by atoms with van der Waals surface area (Å²) in [4.78, 5) is 20.2. The second kappa shape index (κ2) is 6.72. The number of H-pyrrole nitrogens is 1. The Kier molecular flexibility index (Phi) is 4.61. The van der Waals surface area contributed by atoms with E-state index >= 15 is 0 Å². The van der Waals surface area contributed by atoms with Gasteiger partial charge in [-0.25, -0.2) is 0 Å². The van der Waals surface area contributed by atoms with Crippen LogP contribution in [0.3, 0.4) is 0 Å². The van der Waals surface area contributed by atoms with Crippen molar-refractivity contribution in [3.8, 4) is 6.07 Å². The van der Waals surface area contributed by atoms with Crippen molar-refractivity contribution >= 4 is 22.9 Å². The molecule has 3 rings (SSSR count). The number of aliphatic hydroxyl groups excluding tert-OH is 3. The van der Waals surface area contributed by atoms with Gasteiger partial charge in [0.2, 0.25) is 0 Å². The van der Waals surface area contributed by atoms with Gasteiger partial charge in [-0.05, 0) is 24.6 Å². The van der Waals surface area contributed by atoms with Crippen molar-refractivity contribution in [3.63, 3.8) is 0 Å². The number of imidazole rings is 1. The van der Waals surface area contributed by atoms with Gasteiger partial charge >= 0.3 is 0 Å². The van der Waals surface area contributed by atoms with Crippen molar-refractivity contribution in [1.29, 1.82) is 5.26 Å². The van der Waals surface area contributed by atoms with Crippen LogP contribution in [0.15, 0.2) is 34.1 Å². The van der Waals surface area contributed by atoms with E-state index in [1.165, 1.54) is 10.6 Å². The zero-order chi connectivity index (χ0) is 18.9. The minimum atomic E-state index is -1.49. The van der Waals surface area contributed by atoms with Gasteiger partial charge in [-0.3, -0.25) is 14.2 Å². The molecular weight excluding hydrogens is 336 g/mol. The molecule has 3 aromatic rings. The van der Waals surface area contributed by atoms with Crippen molar-refractivity contribution < 1.29 is 15.3 Å². The first-order valence-corrected chi connectivity index (χ1v) is 7.96. The standard InChI is InChI=1S/C18H18N4O4/c1-11-12(6-19)16-21-14-4-2-3-5-15(14)22(16)17(26)13(11)7-20-18(8-23,9-24)10-25/h2-5,7,21,23-25H,8-10H2,1H3. The van der Waals surface area contributed by atoms with Gasteiger partial charge in [-0.1, -0.05) is 12.1 Å². The lowest BCUT2D eigenvalue weighted by Gasteiger charge is -2.22. The third-order valence-corrected chi connectivity index (χ3v) is 4.53. The molecule has 0 amide bonds. The molecule has 0 saturated carbocycles. The Balaban J connectivity index is 2.35. The zero-order valence-electron chi connectivity index (χ0n) is 14.1. The summed E-state index contributed by atoms with van der Waals surface area (Å²) in [6.45, 7) is -0.128. The third kappa shape index (κ3) is 2.59. The molecule has 8 heteroatoms. The molecule has 0 aliphatic carbocycles. The highest BCUT2D eigenvalue weighted by molar-refractivity contribution is 5.88. The minimum Gasteiger partial charge on any atom is -0.394 e. The number of rotatable bonds is 5. The van der Waals surface area contributed by atoms with Gasteiger partial charge in [0.15, 0.2) is 0 Å². The predicted molar refractivity (Wildman–Crippen MR) is 96.6 cm³/mol. The number of pyridine rings is 1. The molecule has 1 aromatic carbocycles. The average Bonchev–Trinajstić information content (AvgIpc) is 3.05. The van der Waals surface area contributed by atoms with Crippen LogP contribution >= 0.6 is 0 Å². The molecule has 2 heterocycles. The lowest BCUT2D eigenvalue weighted by molar-refractivity contribution is 0.0718. The number of aliphatic hydroxyl groups is 3. The van der Waals surface area contributed by atoms with Crippen molar-refractivity contribution in [3.05, 3.63) is 51.3 Å². The molecule has 0 bridgehead atoms. The van der Waals surface area contributed by atoms with Crippen LogP contribution in [-0.4, -0.2) is 56.3 Å². The summed E-state index contributed by atoms with van der Waals surface area (Å²) in [6.07, 6.45) is 1.20. The molecule has 2 aromatic heterocycles. The highest BCUT2D eigenvalue weighted by atomic mass is 16.3. The van der Waals surface area contributed by atoms with Crippen molar-refractivity contribution in [2.24, 2.45) is 4.99 Å². The number of hydrogen-bond donors (Lipinski definition) is 4. The molecule has 0 unspecified atom stereocenters. The molecule has 0 radical (unpaired) electrons. The number of aromatic nitrogens is 2. The van der Waals surface area contributed by atoms with Crippen LogP contribution in [0.5, 0.6) is 0 Å². The fourth-order valence-corrected chi connectivity index (χ4v) is 2.82. The summed E-state index contributed by atoms with van der Waals surface area (Å²) < 4.78 is 1.40. The maximum absolute atomic E-state index is 13.0.